The lowest BCUT2D eigenvalue weighted by Gasteiger charge is -2.33. The number of hydrogen-bond donors (Lipinski definition) is 2. The molecule has 2 heteroatoms. The first-order valence-electron chi connectivity index (χ1n) is 4.40. The maximum atomic E-state index is 9.40. The molecule has 2 nitrogen and oxygen atoms in total. The Hall–Kier alpha value is -0.0800. The van der Waals surface area contributed by atoms with Crippen molar-refractivity contribution in [2.24, 2.45) is 17.1 Å². The van der Waals surface area contributed by atoms with Crippen molar-refractivity contribution in [3.05, 3.63) is 0 Å². The van der Waals surface area contributed by atoms with Gasteiger partial charge in [0.05, 0.1) is 6.10 Å². The van der Waals surface area contributed by atoms with Crippen LogP contribution in [0.1, 0.15) is 33.6 Å². The molecule has 66 valence electrons. The Bertz CT molecular complexity index is 146. The SMILES string of the molecule is CC(C)C1(C)C[C@@H](O)C[C@H]1N. The van der Waals surface area contributed by atoms with Crippen LogP contribution in [0.5, 0.6) is 0 Å². The summed E-state index contributed by atoms with van der Waals surface area (Å²) in [6, 6.07) is 0.178. The Morgan fingerprint density at radius 2 is 2.09 bits per heavy atom. The molecule has 3 atom stereocenters. The van der Waals surface area contributed by atoms with Crippen molar-refractivity contribution >= 4 is 0 Å². The quantitative estimate of drug-likeness (QED) is 0.599. The molecule has 0 saturated heterocycles. The lowest BCUT2D eigenvalue weighted by Crippen LogP contribution is -2.38. The van der Waals surface area contributed by atoms with Gasteiger partial charge in [0.15, 0.2) is 0 Å². The van der Waals surface area contributed by atoms with Gasteiger partial charge in [0.2, 0.25) is 0 Å². The van der Waals surface area contributed by atoms with Crippen LogP contribution < -0.4 is 5.73 Å². The predicted molar refractivity (Wildman–Crippen MR) is 46.2 cm³/mol. The van der Waals surface area contributed by atoms with Crippen molar-refractivity contribution in [1.29, 1.82) is 0 Å². The van der Waals surface area contributed by atoms with Crippen LogP contribution in [0.3, 0.4) is 0 Å². The van der Waals surface area contributed by atoms with Gasteiger partial charge in [-0.2, -0.15) is 0 Å². The van der Waals surface area contributed by atoms with Crippen molar-refractivity contribution in [3.8, 4) is 0 Å². The molecular weight excluding hydrogens is 138 g/mol. The monoisotopic (exact) mass is 157 g/mol. The first kappa shape index (κ1) is 9.01. The number of rotatable bonds is 1. The second-order valence-electron chi connectivity index (χ2n) is 4.36. The standard InChI is InChI=1S/C9H19NO/c1-6(2)9(3)5-7(11)4-8(9)10/h6-8,11H,4-5,10H2,1-3H3/t7-,8+,9?/m0/s1. The molecule has 1 fully saturated rings. The smallest absolute Gasteiger partial charge is 0.0561 e. The zero-order valence-corrected chi connectivity index (χ0v) is 7.67. The summed E-state index contributed by atoms with van der Waals surface area (Å²) in [5, 5.41) is 9.40. The minimum atomic E-state index is -0.169. The summed E-state index contributed by atoms with van der Waals surface area (Å²) in [4.78, 5) is 0. The van der Waals surface area contributed by atoms with E-state index in [-0.39, 0.29) is 17.6 Å². The Balaban J connectivity index is 2.71. The van der Waals surface area contributed by atoms with Crippen LogP contribution in [0.2, 0.25) is 0 Å². The van der Waals surface area contributed by atoms with E-state index in [1.165, 1.54) is 0 Å². The zero-order valence-electron chi connectivity index (χ0n) is 7.67. The molecule has 0 amide bonds. The second-order valence-corrected chi connectivity index (χ2v) is 4.36. The third kappa shape index (κ3) is 1.42. The molecular formula is C9H19NO. The lowest BCUT2D eigenvalue weighted by atomic mass is 9.75. The summed E-state index contributed by atoms with van der Waals surface area (Å²) in [6.07, 6.45) is 1.47. The van der Waals surface area contributed by atoms with Crippen LogP contribution in [-0.4, -0.2) is 17.3 Å². The Morgan fingerprint density at radius 3 is 2.27 bits per heavy atom. The zero-order chi connectivity index (χ0) is 8.65. The highest BCUT2D eigenvalue weighted by molar-refractivity contribution is 4.97. The van der Waals surface area contributed by atoms with E-state index in [0.717, 1.165) is 12.8 Å². The van der Waals surface area contributed by atoms with E-state index < -0.39 is 0 Å². The van der Waals surface area contributed by atoms with Gasteiger partial charge >= 0.3 is 0 Å². The highest BCUT2D eigenvalue weighted by Crippen LogP contribution is 2.42. The van der Waals surface area contributed by atoms with Gasteiger partial charge in [0.1, 0.15) is 0 Å². The number of hydrogen-bond acceptors (Lipinski definition) is 2. The van der Waals surface area contributed by atoms with Gasteiger partial charge in [-0.1, -0.05) is 20.8 Å². The van der Waals surface area contributed by atoms with E-state index in [4.69, 9.17) is 5.73 Å². The van der Waals surface area contributed by atoms with Gasteiger partial charge in [0, 0.05) is 6.04 Å². The molecule has 1 rings (SSSR count). The molecule has 0 bridgehead atoms. The molecule has 1 aliphatic carbocycles. The van der Waals surface area contributed by atoms with E-state index in [1.54, 1.807) is 0 Å². The second kappa shape index (κ2) is 2.76. The van der Waals surface area contributed by atoms with E-state index >= 15 is 0 Å². The van der Waals surface area contributed by atoms with Crippen LogP contribution in [0.15, 0.2) is 0 Å². The fourth-order valence-corrected chi connectivity index (χ4v) is 1.97. The Labute approximate surface area is 68.8 Å². The van der Waals surface area contributed by atoms with Crippen molar-refractivity contribution < 1.29 is 5.11 Å². The normalized spacial score (nSPS) is 45.3. The summed E-state index contributed by atoms with van der Waals surface area (Å²) in [6.45, 7) is 6.54. The molecule has 0 spiro atoms. The molecule has 1 saturated carbocycles. The van der Waals surface area contributed by atoms with Crippen LogP contribution in [0, 0.1) is 11.3 Å². The first-order valence-corrected chi connectivity index (χ1v) is 4.40. The molecule has 11 heavy (non-hydrogen) atoms. The molecule has 3 N–H and O–H groups in total. The molecule has 1 unspecified atom stereocenters. The van der Waals surface area contributed by atoms with Crippen LogP contribution in [0.25, 0.3) is 0 Å². The van der Waals surface area contributed by atoms with Crippen molar-refractivity contribution in [2.45, 2.75) is 45.8 Å². The third-order valence-electron chi connectivity index (χ3n) is 3.37. The molecule has 0 aromatic rings. The summed E-state index contributed by atoms with van der Waals surface area (Å²) in [5.41, 5.74) is 6.10. The number of aliphatic hydroxyl groups excluding tert-OH is 1. The summed E-state index contributed by atoms with van der Waals surface area (Å²) in [7, 11) is 0. The maximum absolute atomic E-state index is 9.40. The minimum absolute atomic E-state index is 0.152. The fourth-order valence-electron chi connectivity index (χ4n) is 1.97. The minimum Gasteiger partial charge on any atom is -0.393 e. The number of nitrogens with two attached hydrogens (primary N) is 1. The largest absolute Gasteiger partial charge is 0.393 e. The Kier molecular flexibility index (Phi) is 2.26. The topological polar surface area (TPSA) is 46.2 Å². The molecule has 0 aromatic carbocycles. The van der Waals surface area contributed by atoms with Crippen molar-refractivity contribution in [2.75, 3.05) is 0 Å². The third-order valence-corrected chi connectivity index (χ3v) is 3.37. The first-order chi connectivity index (χ1) is 4.97. The van der Waals surface area contributed by atoms with E-state index in [0.29, 0.717) is 5.92 Å². The van der Waals surface area contributed by atoms with Crippen LogP contribution >= 0.6 is 0 Å². The highest BCUT2D eigenvalue weighted by Gasteiger charge is 2.43. The van der Waals surface area contributed by atoms with Gasteiger partial charge in [-0.25, -0.2) is 0 Å². The average Bonchev–Trinajstić information content (AvgIpc) is 2.08. The van der Waals surface area contributed by atoms with Crippen molar-refractivity contribution in [3.63, 3.8) is 0 Å². The highest BCUT2D eigenvalue weighted by atomic mass is 16.3. The predicted octanol–water partition coefficient (Wildman–Crippen LogP) is 1.13. The van der Waals surface area contributed by atoms with E-state index in [9.17, 15) is 5.11 Å². The van der Waals surface area contributed by atoms with E-state index in [1.807, 2.05) is 0 Å². The van der Waals surface area contributed by atoms with Gasteiger partial charge in [0.25, 0.3) is 0 Å². The fraction of sp³-hybridized carbons (Fsp3) is 1.00. The molecule has 0 aliphatic heterocycles. The molecule has 0 heterocycles. The molecule has 0 radical (unpaired) electrons. The van der Waals surface area contributed by atoms with Crippen molar-refractivity contribution in [1.82, 2.24) is 0 Å². The van der Waals surface area contributed by atoms with E-state index in [2.05, 4.69) is 20.8 Å². The molecule has 1 aliphatic rings. The molecule has 0 aromatic heterocycles. The lowest BCUT2D eigenvalue weighted by molar-refractivity contribution is 0.140. The van der Waals surface area contributed by atoms with Gasteiger partial charge in [-0.05, 0) is 24.2 Å². The average molecular weight is 157 g/mol. The van der Waals surface area contributed by atoms with Crippen LogP contribution in [-0.2, 0) is 0 Å². The van der Waals surface area contributed by atoms with Crippen LogP contribution in [0.4, 0.5) is 0 Å². The summed E-state index contributed by atoms with van der Waals surface area (Å²) >= 11 is 0. The summed E-state index contributed by atoms with van der Waals surface area (Å²) in [5.74, 6) is 0.564. The summed E-state index contributed by atoms with van der Waals surface area (Å²) < 4.78 is 0. The number of aliphatic hydroxyl groups is 1. The van der Waals surface area contributed by atoms with Gasteiger partial charge < -0.3 is 10.8 Å². The van der Waals surface area contributed by atoms with Gasteiger partial charge in [-0.15, -0.1) is 0 Å². The maximum Gasteiger partial charge on any atom is 0.0561 e. The van der Waals surface area contributed by atoms with Gasteiger partial charge in [-0.3, -0.25) is 0 Å². The Morgan fingerprint density at radius 1 is 1.55 bits per heavy atom.